The Hall–Kier alpha value is -1.66. The lowest BCUT2D eigenvalue weighted by Crippen LogP contribution is -2.56. The number of aromatic nitrogens is 1. The summed E-state index contributed by atoms with van der Waals surface area (Å²) in [4.78, 5) is 30.0. The highest BCUT2D eigenvalue weighted by molar-refractivity contribution is 6.32. The van der Waals surface area contributed by atoms with E-state index in [-0.39, 0.29) is 27.9 Å². The molecule has 0 unspecified atom stereocenters. The number of likely N-dealkylation sites (tertiary alicyclic amines) is 1. The van der Waals surface area contributed by atoms with E-state index in [9.17, 15) is 9.59 Å². The maximum atomic E-state index is 12.4. The van der Waals surface area contributed by atoms with Crippen molar-refractivity contribution in [2.24, 2.45) is 17.6 Å². The minimum atomic E-state index is -0.668. The molecule has 0 bridgehead atoms. The van der Waals surface area contributed by atoms with Gasteiger partial charge in [-0.3, -0.25) is 14.5 Å². The molecule has 2 atom stereocenters. The summed E-state index contributed by atoms with van der Waals surface area (Å²) in [5.41, 5.74) is 5.31. The van der Waals surface area contributed by atoms with Crippen LogP contribution in [0.1, 0.15) is 55.0 Å². The van der Waals surface area contributed by atoms with Crippen LogP contribution in [0.5, 0.6) is 0 Å². The molecule has 1 saturated heterocycles. The molecule has 2 heterocycles. The van der Waals surface area contributed by atoms with Crippen molar-refractivity contribution < 1.29 is 9.59 Å². The zero-order valence-corrected chi connectivity index (χ0v) is 16.1. The average Bonchev–Trinajstić information content (AvgIpc) is 2.51. The van der Waals surface area contributed by atoms with E-state index >= 15 is 0 Å². The average molecular weight is 367 g/mol. The molecule has 25 heavy (non-hydrogen) atoms. The number of nitrogens with one attached hydrogen (secondary N) is 1. The van der Waals surface area contributed by atoms with Crippen LogP contribution in [0, 0.1) is 11.8 Å². The van der Waals surface area contributed by atoms with Gasteiger partial charge in [-0.1, -0.05) is 25.4 Å². The summed E-state index contributed by atoms with van der Waals surface area (Å²) in [5, 5.41) is 2.87. The Morgan fingerprint density at radius 1 is 1.32 bits per heavy atom. The predicted molar refractivity (Wildman–Crippen MR) is 98.7 cm³/mol. The van der Waals surface area contributed by atoms with Crippen LogP contribution in [0.4, 0.5) is 0 Å². The largest absolute Gasteiger partial charge is 0.366 e. The van der Waals surface area contributed by atoms with Crippen molar-refractivity contribution >= 4 is 23.4 Å². The zero-order valence-electron chi connectivity index (χ0n) is 15.3. The monoisotopic (exact) mass is 366 g/mol. The highest BCUT2D eigenvalue weighted by atomic mass is 35.5. The van der Waals surface area contributed by atoms with E-state index in [2.05, 4.69) is 42.9 Å². The molecule has 1 aromatic rings. The molecule has 0 aliphatic carbocycles. The Bertz CT molecular complexity index is 652. The van der Waals surface area contributed by atoms with E-state index in [0.29, 0.717) is 18.4 Å². The fourth-order valence-electron chi connectivity index (χ4n) is 3.40. The van der Waals surface area contributed by atoms with Crippen LogP contribution in [0.2, 0.25) is 5.15 Å². The minimum absolute atomic E-state index is 0.0573. The molecule has 0 radical (unpaired) electrons. The summed E-state index contributed by atoms with van der Waals surface area (Å²) in [6.07, 6.45) is 1.24. The number of carbonyl (C=O) groups excluding carboxylic acids is 2. The van der Waals surface area contributed by atoms with Crippen molar-refractivity contribution in [3.8, 4) is 0 Å². The number of carbonyl (C=O) groups is 2. The summed E-state index contributed by atoms with van der Waals surface area (Å²) < 4.78 is 0. The van der Waals surface area contributed by atoms with Crippen LogP contribution in [0.15, 0.2) is 12.1 Å². The molecular weight excluding hydrogens is 340 g/mol. The molecule has 2 amide bonds. The first-order valence-electron chi connectivity index (χ1n) is 8.59. The van der Waals surface area contributed by atoms with Crippen LogP contribution in [0.3, 0.4) is 0 Å². The number of nitrogens with zero attached hydrogens (tertiary/aromatic N) is 2. The topological polar surface area (TPSA) is 88.3 Å². The molecule has 7 heteroatoms. The molecular formula is C18H27ClN4O2. The smallest absolute Gasteiger partial charge is 0.270 e. The van der Waals surface area contributed by atoms with Crippen molar-refractivity contribution in [1.29, 1.82) is 0 Å². The number of halogens is 1. The van der Waals surface area contributed by atoms with Gasteiger partial charge in [-0.25, -0.2) is 4.98 Å². The Balaban J connectivity index is 2.01. The second kappa shape index (κ2) is 7.70. The first kappa shape index (κ1) is 19.7. The van der Waals surface area contributed by atoms with Gasteiger partial charge in [0.25, 0.3) is 11.8 Å². The fourth-order valence-corrected chi connectivity index (χ4v) is 3.65. The standard InChI is InChI=1S/C18H27ClN4O2/c1-11-7-12(2)9-23(8-11)18(3,4)10-21-17(25)14-6-5-13(16(20)24)15(19)22-14/h5-6,11-12H,7-10H2,1-4H3,(H2,20,24)(H,21,25)/t11-,12+. The predicted octanol–water partition coefficient (Wildman–Crippen LogP) is 2.32. The Morgan fingerprint density at radius 2 is 1.92 bits per heavy atom. The van der Waals surface area contributed by atoms with Gasteiger partial charge >= 0.3 is 0 Å². The maximum Gasteiger partial charge on any atom is 0.270 e. The summed E-state index contributed by atoms with van der Waals surface area (Å²) >= 11 is 5.91. The molecule has 1 aromatic heterocycles. The van der Waals surface area contributed by atoms with Gasteiger partial charge in [0.05, 0.1) is 5.56 Å². The van der Waals surface area contributed by atoms with Gasteiger partial charge in [0.15, 0.2) is 0 Å². The fraction of sp³-hybridized carbons (Fsp3) is 0.611. The first-order chi connectivity index (χ1) is 11.6. The molecule has 0 aromatic carbocycles. The van der Waals surface area contributed by atoms with Gasteiger partial charge in [0.1, 0.15) is 10.8 Å². The Morgan fingerprint density at radius 3 is 2.44 bits per heavy atom. The van der Waals surface area contributed by atoms with Crippen molar-refractivity contribution in [3.05, 3.63) is 28.5 Å². The zero-order chi connectivity index (χ0) is 18.8. The third kappa shape index (κ3) is 4.92. The number of hydrogen-bond acceptors (Lipinski definition) is 4. The number of amides is 2. The van der Waals surface area contributed by atoms with Gasteiger partial charge < -0.3 is 11.1 Å². The summed E-state index contributed by atoms with van der Waals surface area (Å²) in [6, 6.07) is 2.88. The van der Waals surface area contributed by atoms with Crippen molar-refractivity contribution in [2.75, 3.05) is 19.6 Å². The Kier molecular flexibility index (Phi) is 6.06. The van der Waals surface area contributed by atoms with Gasteiger partial charge in [0.2, 0.25) is 0 Å². The molecule has 0 saturated carbocycles. The summed E-state index contributed by atoms with van der Waals surface area (Å²) in [5.74, 6) is 0.323. The molecule has 0 spiro atoms. The molecule has 6 nitrogen and oxygen atoms in total. The highest BCUT2D eigenvalue weighted by Gasteiger charge is 2.33. The number of primary amides is 1. The number of rotatable bonds is 5. The Labute approximate surface area is 154 Å². The van der Waals surface area contributed by atoms with E-state index in [1.54, 1.807) is 0 Å². The van der Waals surface area contributed by atoms with Crippen LogP contribution < -0.4 is 11.1 Å². The van der Waals surface area contributed by atoms with E-state index in [1.165, 1.54) is 18.6 Å². The van der Waals surface area contributed by atoms with Crippen molar-refractivity contribution in [2.45, 2.75) is 39.7 Å². The van der Waals surface area contributed by atoms with E-state index in [0.717, 1.165) is 13.1 Å². The lowest BCUT2D eigenvalue weighted by molar-refractivity contribution is 0.0444. The van der Waals surface area contributed by atoms with Gasteiger partial charge in [-0.05, 0) is 44.2 Å². The number of pyridine rings is 1. The number of nitrogens with two attached hydrogens (primary N) is 1. The second-order valence-electron chi connectivity index (χ2n) is 7.75. The molecule has 1 fully saturated rings. The third-order valence-electron chi connectivity index (χ3n) is 4.75. The number of piperidine rings is 1. The van der Waals surface area contributed by atoms with E-state index in [1.807, 2.05) is 0 Å². The maximum absolute atomic E-state index is 12.4. The van der Waals surface area contributed by atoms with Crippen LogP contribution >= 0.6 is 11.6 Å². The van der Waals surface area contributed by atoms with Crippen LogP contribution in [0.25, 0.3) is 0 Å². The molecule has 1 aliphatic rings. The second-order valence-corrected chi connectivity index (χ2v) is 8.10. The minimum Gasteiger partial charge on any atom is -0.366 e. The van der Waals surface area contributed by atoms with Crippen LogP contribution in [-0.2, 0) is 0 Å². The molecule has 138 valence electrons. The van der Waals surface area contributed by atoms with Crippen molar-refractivity contribution in [1.82, 2.24) is 15.2 Å². The van der Waals surface area contributed by atoms with E-state index < -0.39 is 5.91 Å². The quantitative estimate of drug-likeness (QED) is 0.783. The van der Waals surface area contributed by atoms with E-state index in [4.69, 9.17) is 17.3 Å². The normalized spacial score (nSPS) is 21.8. The molecule has 1 aliphatic heterocycles. The first-order valence-corrected chi connectivity index (χ1v) is 8.97. The molecule has 2 rings (SSSR count). The third-order valence-corrected chi connectivity index (χ3v) is 5.04. The SMILES string of the molecule is C[C@@H]1C[C@H](C)CN(C(C)(C)CNC(=O)c2ccc(C(N)=O)c(Cl)n2)C1. The number of hydrogen-bond donors (Lipinski definition) is 2. The van der Waals surface area contributed by atoms with Gasteiger partial charge in [-0.15, -0.1) is 0 Å². The lowest BCUT2D eigenvalue weighted by atomic mass is 9.88. The summed E-state index contributed by atoms with van der Waals surface area (Å²) in [7, 11) is 0. The molecule has 3 N–H and O–H groups in total. The van der Waals surface area contributed by atoms with Crippen molar-refractivity contribution in [3.63, 3.8) is 0 Å². The van der Waals surface area contributed by atoms with Gasteiger partial charge in [-0.2, -0.15) is 0 Å². The highest BCUT2D eigenvalue weighted by Crippen LogP contribution is 2.27. The van der Waals surface area contributed by atoms with Gasteiger partial charge in [0, 0.05) is 25.2 Å². The lowest BCUT2D eigenvalue weighted by Gasteiger charge is -2.45. The summed E-state index contributed by atoms with van der Waals surface area (Å²) in [6.45, 7) is 11.4. The van der Waals surface area contributed by atoms with Crippen LogP contribution in [-0.4, -0.2) is 46.9 Å².